The van der Waals surface area contributed by atoms with Crippen molar-refractivity contribution in [3.05, 3.63) is 63.4 Å². The quantitative estimate of drug-likeness (QED) is 0.825. The number of nitrogens with zero attached hydrogens (tertiary/aromatic N) is 1. The maximum absolute atomic E-state index is 10.5. The fourth-order valence-electron chi connectivity index (χ4n) is 2.05. The molecule has 0 saturated carbocycles. The minimum Gasteiger partial charge on any atom is -0.478 e. The Morgan fingerprint density at radius 1 is 1.19 bits per heavy atom. The molecular weight excluding hydrogens is 282 g/mol. The highest BCUT2D eigenvalue weighted by molar-refractivity contribution is 7.12. The maximum Gasteiger partial charge on any atom is 0.328 e. The number of carboxylic acid groups (broad SMARTS) is 1. The second-order valence-electron chi connectivity index (χ2n) is 5.13. The molecule has 0 bridgehead atoms. The minimum atomic E-state index is -0.915. The van der Waals surface area contributed by atoms with Gasteiger partial charge in [-0.1, -0.05) is 29.8 Å². The van der Waals surface area contributed by atoms with Crippen molar-refractivity contribution in [1.82, 2.24) is 4.90 Å². The van der Waals surface area contributed by atoms with E-state index in [0.717, 1.165) is 18.0 Å². The van der Waals surface area contributed by atoms with Gasteiger partial charge in [0.2, 0.25) is 0 Å². The van der Waals surface area contributed by atoms with E-state index < -0.39 is 5.97 Å². The molecule has 0 radical (unpaired) electrons. The monoisotopic (exact) mass is 301 g/mol. The average Bonchev–Trinajstić information content (AvgIpc) is 2.86. The summed E-state index contributed by atoms with van der Waals surface area (Å²) in [5.74, 6) is -0.915. The highest BCUT2D eigenvalue weighted by Crippen LogP contribution is 2.20. The van der Waals surface area contributed by atoms with Gasteiger partial charge in [0.15, 0.2) is 0 Å². The van der Waals surface area contributed by atoms with Crippen LogP contribution >= 0.6 is 11.3 Å². The molecule has 110 valence electrons. The van der Waals surface area contributed by atoms with Gasteiger partial charge < -0.3 is 5.11 Å². The van der Waals surface area contributed by atoms with Crippen LogP contribution in [0.4, 0.5) is 0 Å². The van der Waals surface area contributed by atoms with Crippen molar-refractivity contribution < 1.29 is 9.90 Å². The van der Waals surface area contributed by atoms with Gasteiger partial charge in [0, 0.05) is 28.9 Å². The highest BCUT2D eigenvalue weighted by Gasteiger charge is 2.04. The molecule has 0 aliphatic carbocycles. The van der Waals surface area contributed by atoms with Crippen molar-refractivity contribution in [3.8, 4) is 0 Å². The smallest absolute Gasteiger partial charge is 0.328 e. The standard InChI is InChI=1S/C17H19NO2S/c1-13-3-5-14(6-4-13)11-18(2)12-16-8-7-15(21-16)9-10-17(19)20/h3-10H,11-12H2,1-2H3,(H,19,20). The van der Waals surface area contributed by atoms with Crippen molar-refractivity contribution in [1.29, 1.82) is 0 Å². The zero-order chi connectivity index (χ0) is 15.2. The summed E-state index contributed by atoms with van der Waals surface area (Å²) in [6, 6.07) is 12.6. The van der Waals surface area contributed by atoms with Crippen LogP contribution < -0.4 is 0 Å². The van der Waals surface area contributed by atoms with Crippen LogP contribution in [0.3, 0.4) is 0 Å². The first-order valence-corrected chi connectivity index (χ1v) is 7.58. The predicted octanol–water partition coefficient (Wildman–Crippen LogP) is 3.79. The van der Waals surface area contributed by atoms with Crippen LogP contribution in [-0.2, 0) is 17.9 Å². The molecule has 4 heteroatoms. The number of rotatable bonds is 6. The normalized spacial score (nSPS) is 11.4. The molecule has 0 unspecified atom stereocenters. The van der Waals surface area contributed by atoms with Crippen LogP contribution in [0, 0.1) is 6.92 Å². The molecule has 1 aromatic carbocycles. The van der Waals surface area contributed by atoms with Crippen LogP contribution in [0.25, 0.3) is 6.08 Å². The molecule has 2 rings (SSSR count). The van der Waals surface area contributed by atoms with E-state index in [2.05, 4.69) is 49.2 Å². The van der Waals surface area contributed by atoms with Crippen molar-refractivity contribution in [2.75, 3.05) is 7.05 Å². The van der Waals surface area contributed by atoms with Gasteiger partial charge in [-0.25, -0.2) is 4.79 Å². The molecule has 0 aliphatic rings. The molecule has 1 heterocycles. The Hall–Kier alpha value is -1.91. The third-order valence-corrected chi connectivity index (χ3v) is 4.11. The minimum absolute atomic E-state index is 0.861. The zero-order valence-electron chi connectivity index (χ0n) is 12.2. The molecule has 2 aromatic rings. The van der Waals surface area contributed by atoms with E-state index in [9.17, 15) is 4.79 Å². The second-order valence-corrected chi connectivity index (χ2v) is 6.33. The fraction of sp³-hybridized carbons (Fsp3) is 0.235. The van der Waals surface area contributed by atoms with Gasteiger partial charge in [-0.15, -0.1) is 11.3 Å². The van der Waals surface area contributed by atoms with Crippen LogP contribution in [-0.4, -0.2) is 23.0 Å². The first-order valence-electron chi connectivity index (χ1n) is 6.77. The first kappa shape index (κ1) is 15.5. The summed E-state index contributed by atoms with van der Waals surface area (Å²) < 4.78 is 0. The lowest BCUT2D eigenvalue weighted by Crippen LogP contribution is -2.16. The summed E-state index contributed by atoms with van der Waals surface area (Å²) in [4.78, 5) is 14.9. The number of carboxylic acids is 1. The van der Waals surface area contributed by atoms with Crippen molar-refractivity contribution in [3.63, 3.8) is 0 Å². The lowest BCUT2D eigenvalue weighted by atomic mass is 10.1. The summed E-state index contributed by atoms with van der Waals surface area (Å²) in [6.45, 7) is 3.85. The van der Waals surface area contributed by atoms with E-state index in [1.54, 1.807) is 17.4 Å². The summed E-state index contributed by atoms with van der Waals surface area (Å²) in [5.41, 5.74) is 2.57. The molecule has 0 fully saturated rings. The van der Waals surface area contributed by atoms with Gasteiger partial charge in [0.1, 0.15) is 0 Å². The Balaban J connectivity index is 1.92. The fourth-order valence-corrected chi connectivity index (χ4v) is 3.05. The molecule has 1 aromatic heterocycles. The SMILES string of the molecule is Cc1ccc(CN(C)Cc2ccc(C=CC(=O)O)s2)cc1. The molecule has 0 amide bonds. The number of aliphatic carboxylic acids is 1. The maximum atomic E-state index is 10.5. The topological polar surface area (TPSA) is 40.5 Å². The summed E-state index contributed by atoms with van der Waals surface area (Å²) in [6.07, 6.45) is 2.81. The number of carbonyl (C=O) groups is 1. The zero-order valence-corrected chi connectivity index (χ0v) is 13.1. The Labute approximate surface area is 129 Å². The van der Waals surface area contributed by atoms with E-state index in [0.29, 0.717) is 0 Å². The highest BCUT2D eigenvalue weighted by atomic mass is 32.1. The summed E-state index contributed by atoms with van der Waals surface area (Å²) >= 11 is 1.62. The van der Waals surface area contributed by atoms with Crippen LogP contribution in [0.5, 0.6) is 0 Å². The van der Waals surface area contributed by atoms with E-state index in [-0.39, 0.29) is 0 Å². The van der Waals surface area contributed by atoms with Crippen LogP contribution in [0.1, 0.15) is 20.9 Å². The van der Waals surface area contributed by atoms with Gasteiger partial charge in [0.25, 0.3) is 0 Å². The van der Waals surface area contributed by atoms with Gasteiger partial charge in [-0.05, 0) is 37.7 Å². The Bertz CT molecular complexity index is 628. The number of aryl methyl sites for hydroxylation is 1. The third kappa shape index (κ3) is 5.17. The average molecular weight is 301 g/mol. The molecule has 1 N–H and O–H groups in total. The van der Waals surface area contributed by atoms with Crippen LogP contribution in [0.2, 0.25) is 0 Å². The largest absolute Gasteiger partial charge is 0.478 e. The molecule has 0 spiro atoms. The van der Waals surface area contributed by atoms with E-state index in [1.165, 1.54) is 22.1 Å². The van der Waals surface area contributed by atoms with Gasteiger partial charge in [-0.3, -0.25) is 4.90 Å². The molecule has 0 atom stereocenters. The lowest BCUT2D eigenvalue weighted by Gasteiger charge is -2.15. The summed E-state index contributed by atoms with van der Waals surface area (Å²) in [5, 5.41) is 8.62. The second kappa shape index (κ2) is 7.20. The van der Waals surface area contributed by atoms with Gasteiger partial charge in [0.05, 0.1) is 0 Å². The number of thiophene rings is 1. The molecule has 3 nitrogen and oxygen atoms in total. The first-order chi connectivity index (χ1) is 10.0. The molecule has 21 heavy (non-hydrogen) atoms. The lowest BCUT2D eigenvalue weighted by molar-refractivity contribution is -0.131. The number of hydrogen-bond donors (Lipinski definition) is 1. The van der Waals surface area contributed by atoms with E-state index >= 15 is 0 Å². The Morgan fingerprint density at radius 2 is 1.90 bits per heavy atom. The van der Waals surface area contributed by atoms with Crippen LogP contribution in [0.15, 0.2) is 42.5 Å². The summed E-state index contributed by atoms with van der Waals surface area (Å²) in [7, 11) is 2.09. The predicted molar refractivity (Wildman–Crippen MR) is 87.3 cm³/mol. The number of hydrogen-bond acceptors (Lipinski definition) is 3. The van der Waals surface area contributed by atoms with Gasteiger partial charge >= 0.3 is 5.97 Å². The Morgan fingerprint density at radius 3 is 2.57 bits per heavy atom. The molecule has 0 saturated heterocycles. The third-order valence-electron chi connectivity index (χ3n) is 3.07. The van der Waals surface area contributed by atoms with Crippen molar-refractivity contribution in [2.45, 2.75) is 20.0 Å². The van der Waals surface area contributed by atoms with Crippen molar-refractivity contribution >= 4 is 23.4 Å². The molecule has 0 aliphatic heterocycles. The van der Waals surface area contributed by atoms with E-state index in [4.69, 9.17) is 5.11 Å². The van der Waals surface area contributed by atoms with Gasteiger partial charge in [-0.2, -0.15) is 0 Å². The van der Waals surface area contributed by atoms with Crippen molar-refractivity contribution in [2.24, 2.45) is 0 Å². The molecular formula is C17H19NO2S. The van der Waals surface area contributed by atoms with E-state index in [1.807, 2.05) is 6.07 Å². The number of benzene rings is 1. The Kier molecular flexibility index (Phi) is 5.31.